The molecule has 1 aliphatic rings. The van der Waals surface area contributed by atoms with Gasteiger partial charge in [-0.05, 0) is 31.9 Å². The van der Waals surface area contributed by atoms with Crippen molar-refractivity contribution in [1.82, 2.24) is 5.32 Å². The zero-order valence-corrected chi connectivity index (χ0v) is 12.5. The predicted octanol–water partition coefficient (Wildman–Crippen LogP) is 2.29. The Morgan fingerprint density at radius 3 is 2.91 bits per heavy atom. The summed E-state index contributed by atoms with van der Waals surface area (Å²) in [5.74, 6) is 0.352. The topological polar surface area (TPSA) is 103 Å². The fourth-order valence-electron chi connectivity index (χ4n) is 2.35. The van der Waals surface area contributed by atoms with Crippen LogP contribution >= 0.6 is 0 Å². The Morgan fingerprint density at radius 2 is 2.32 bits per heavy atom. The number of benzene rings is 1. The summed E-state index contributed by atoms with van der Waals surface area (Å²) < 4.78 is 10.4. The highest BCUT2D eigenvalue weighted by Gasteiger charge is 2.24. The van der Waals surface area contributed by atoms with Crippen LogP contribution in [0.1, 0.15) is 19.8 Å². The van der Waals surface area contributed by atoms with E-state index in [9.17, 15) is 14.9 Å². The smallest absolute Gasteiger partial charge is 0.319 e. The fraction of sp³-hybridized carbons (Fsp3) is 0.500. The van der Waals surface area contributed by atoms with Crippen LogP contribution in [-0.2, 0) is 4.74 Å². The third-order valence-electron chi connectivity index (χ3n) is 3.53. The predicted molar refractivity (Wildman–Crippen MR) is 80.2 cm³/mol. The molecular weight excluding hydrogens is 290 g/mol. The molecule has 0 aromatic heterocycles. The van der Waals surface area contributed by atoms with Crippen LogP contribution in [0.3, 0.4) is 0 Å². The van der Waals surface area contributed by atoms with Gasteiger partial charge in [0.05, 0.1) is 30.2 Å². The van der Waals surface area contributed by atoms with Crippen molar-refractivity contribution < 1.29 is 19.2 Å². The van der Waals surface area contributed by atoms with Gasteiger partial charge in [0.2, 0.25) is 0 Å². The van der Waals surface area contributed by atoms with Gasteiger partial charge in [-0.1, -0.05) is 0 Å². The average molecular weight is 309 g/mol. The highest BCUT2D eigenvalue weighted by Crippen LogP contribution is 2.28. The van der Waals surface area contributed by atoms with Gasteiger partial charge in [0, 0.05) is 6.61 Å². The van der Waals surface area contributed by atoms with E-state index in [2.05, 4.69) is 10.6 Å². The van der Waals surface area contributed by atoms with Crippen molar-refractivity contribution in [2.45, 2.75) is 31.9 Å². The Kier molecular flexibility index (Phi) is 5.16. The van der Waals surface area contributed by atoms with E-state index in [1.807, 2.05) is 6.92 Å². The molecule has 0 spiro atoms. The summed E-state index contributed by atoms with van der Waals surface area (Å²) in [6, 6.07) is 3.58. The molecule has 1 heterocycles. The number of nitrogens with one attached hydrogen (secondary N) is 2. The third-order valence-corrected chi connectivity index (χ3v) is 3.53. The number of methoxy groups -OCH3 is 1. The Labute approximate surface area is 127 Å². The Hall–Kier alpha value is -2.35. The molecule has 0 radical (unpaired) electrons. The second-order valence-corrected chi connectivity index (χ2v) is 5.08. The number of carbonyl (C=O) groups excluding carboxylic acids is 1. The highest BCUT2D eigenvalue weighted by atomic mass is 16.6. The van der Waals surface area contributed by atoms with Gasteiger partial charge in [0.1, 0.15) is 11.4 Å². The van der Waals surface area contributed by atoms with Crippen LogP contribution in [0.2, 0.25) is 0 Å². The number of anilines is 1. The van der Waals surface area contributed by atoms with Crippen molar-refractivity contribution in [3.8, 4) is 5.75 Å². The molecule has 1 aromatic rings. The fourth-order valence-corrected chi connectivity index (χ4v) is 2.35. The second kappa shape index (κ2) is 7.08. The molecule has 1 aromatic carbocycles. The minimum atomic E-state index is -0.568. The van der Waals surface area contributed by atoms with Gasteiger partial charge >= 0.3 is 6.03 Å². The summed E-state index contributed by atoms with van der Waals surface area (Å²) in [4.78, 5) is 22.5. The number of rotatable bonds is 5. The van der Waals surface area contributed by atoms with Crippen molar-refractivity contribution in [1.29, 1.82) is 0 Å². The lowest BCUT2D eigenvalue weighted by atomic mass is 10.1. The van der Waals surface area contributed by atoms with E-state index in [1.54, 1.807) is 6.07 Å². The third kappa shape index (κ3) is 3.85. The Morgan fingerprint density at radius 1 is 1.55 bits per heavy atom. The van der Waals surface area contributed by atoms with E-state index in [0.717, 1.165) is 12.8 Å². The molecule has 1 saturated heterocycles. The maximum absolute atomic E-state index is 12.0. The first kappa shape index (κ1) is 16.0. The van der Waals surface area contributed by atoms with Crippen molar-refractivity contribution in [3.63, 3.8) is 0 Å². The first-order chi connectivity index (χ1) is 10.5. The van der Waals surface area contributed by atoms with Crippen LogP contribution in [0, 0.1) is 10.1 Å². The van der Waals surface area contributed by atoms with Crippen molar-refractivity contribution in [3.05, 3.63) is 28.3 Å². The summed E-state index contributed by atoms with van der Waals surface area (Å²) in [5, 5.41) is 16.3. The maximum atomic E-state index is 12.0. The number of urea groups is 1. The van der Waals surface area contributed by atoms with Crippen LogP contribution in [0.25, 0.3) is 0 Å². The molecule has 2 atom stereocenters. The number of amides is 2. The van der Waals surface area contributed by atoms with Gasteiger partial charge in [0.25, 0.3) is 5.69 Å². The number of nitro benzene ring substituents is 1. The molecule has 0 aliphatic carbocycles. The van der Waals surface area contributed by atoms with E-state index in [-0.39, 0.29) is 23.5 Å². The standard InChI is InChI=1S/C14H19N3O5/c1-9(13-4-3-7-22-13)15-14(18)16-11-6-5-10(21-2)8-12(11)17(19)20/h5-6,8-9,13H,3-4,7H2,1-2H3,(H2,15,16,18)/t9-,13-/m1/s1. The summed E-state index contributed by atoms with van der Waals surface area (Å²) in [7, 11) is 1.42. The monoisotopic (exact) mass is 309 g/mol. The number of nitrogens with zero attached hydrogens (tertiary/aromatic N) is 1. The van der Waals surface area contributed by atoms with Crippen LogP contribution in [0.4, 0.5) is 16.2 Å². The van der Waals surface area contributed by atoms with Crippen molar-refractivity contribution >= 4 is 17.4 Å². The molecule has 2 amide bonds. The van der Waals surface area contributed by atoms with Gasteiger partial charge in [-0.2, -0.15) is 0 Å². The number of carbonyl (C=O) groups is 1. The SMILES string of the molecule is COc1ccc(NC(=O)N[C@H](C)[C@H]2CCCO2)c([N+](=O)[O-])c1. The van der Waals surface area contributed by atoms with Gasteiger partial charge in [-0.25, -0.2) is 4.79 Å². The number of hydrogen-bond acceptors (Lipinski definition) is 5. The van der Waals surface area contributed by atoms with Gasteiger partial charge in [0.15, 0.2) is 0 Å². The van der Waals surface area contributed by atoms with Gasteiger partial charge < -0.3 is 20.1 Å². The number of hydrogen-bond donors (Lipinski definition) is 2. The molecule has 120 valence electrons. The lowest BCUT2D eigenvalue weighted by molar-refractivity contribution is -0.384. The van der Waals surface area contributed by atoms with Crippen LogP contribution in [-0.4, -0.2) is 36.8 Å². The van der Waals surface area contributed by atoms with Crippen molar-refractivity contribution in [2.75, 3.05) is 19.0 Å². The average Bonchev–Trinajstić information content (AvgIpc) is 3.01. The molecule has 0 saturated carbocycles. The summed E-state index contributed by atoms with van der Waals surface area (Å²) in [6.07, 6.45) is 1.85. The van der Waals surface area contributed by atoms with Gasteiger partial charge in [-0.15, -0.1) is 0 Å². The summed E-state index contributed by atoms with van der Waals surface area (Å²) >= 11 is 0. The Bertz CT molecular complexity index is 557. The maximum Gasteiger partial charge on any atom is 0.319 e. The zero-order valence-electron chi connectivity index (χ0n) is 12.5. The van der Waals surface area contributed by atoms with Gasteiger partial charge in [-0.3, -0.25) is 10.1 Å². The normalized spacial score (nSPS) is 18.5. The summed E-state index contributed by atoms with van der Waals surface area (Å²) in [5.41, 5.74) is -0.109. The van der Waals surface area contributed by atoms with E-state index < -0.39 is 11.0 Å². The molecule has 0 bridgehead atoms. The quantitative estimate of drug-likeness (QED) is 0.641. The van der Waals surface area contributed by atoms with E-state index in [4.69, 9.17) is 9.47 Å². The molecule has 22 heavy (non-hydrogen) atoms. The summed E-state index contributed by atoms with van der Waals surface area (Å²) in [6.45, 7) is 2.54. The number of ether oxygens (including phenoxy) is 2. The molecule has 8 heteroatoms. The minimum Gasteiger partial charge on any atom is -0.496 e. The molecule has 1 aliphatic heterocycles. The number of nitro groups is 1. The lowest BCUT2D eigenvalue weighted by Gasteiger charge is -2.20. The zero-order chi connectivity index (χ0) is 16.1. The van der Waals surface area contributed by atoms with Crippen LogP contribution in [0.5, 0.6) is 5.75 Å². The molecular formula is C14H19N3O5. The first-order valence-electron chi connectivity index (χ1n) is 7.03. The molecule has 1 fully saturated rings. The van der Waals surface area contributed by atoms with E-state index in [0.29, 0.717) is 12.4 Å². The minimum absolute atomic E-state index is 0.0170. The second-order valence-electron chi connectivity index (χ2n) is 5.08. The van der Waals surface area contributed by atoms with E-state index in [1.165, 1.54) is 19.2 Å². The van der Waals surface area contributed by atoms with Crippen LogP contribution in [0.15, 0.2) is 18.2 Å². The van der Waals surface area contributed by atoms with Crippen molar-refractivity contribution in [2.24, 2.45) is 0 Å². The molecule has 0 unspecified atom stereocenters. The largest absolute Gasteiger partial charge is 0.496 e. The van der Waals surface area contributed by atoms with Crippen LogP contribution < -0.4 is 15.4 Å². The molecule has 2 N–H and O–H groups in total. The Balaban J connectivity index is 2.02. The first-order valence-corrected chi connectivity index (χ1v) is 7.03. The molecule has 2 rings (SSSR count). The lowest BCUT2D eigenvalue weighted by Crippen LogP contribution is -2.43. The van der Waals surface area contributed by atoms with E-state index >= 15 is 0 Å². The molecule has 8 nitrogen and oxygen atoms in total. The highest BCUT2D eigenvalue weighted by molar-refractivity contribution is 5.92.